The molecule has 0 aliphatic heterocycles. The van der Waals surface area contributed by atoms with E-state index in [1.165, 1.54) is 7.11 Å². The number of ether oxygens (including phenoxy) is 1. The number of carbonyl (C=O) groups excluding carboxylic acids is 2. The molecule has 1 aliphatic carbocycles. The first-order valence-electron chi connectivity index (χ1n) is 5.80. The fourth-order valence-corrected chi connectivity index (χ4v) is 2.39. The number of Topliss-reactive ketones (excluding diaryl/α,β-unsaturated/α-hetero) is 1. The molecule has 1 aliphatic rings. The van der Waals surface area contributed by atoms with Crippen LogP contribution >= 0.6 is 0 Å². The van der Waals surface area contributed by atoms with E-state index in [4.69, 9.17) is 0 Å². The first-order valence-corrected chi connectivity index (χ1v) is 5.80. The van der Waals surface area contributed by atoms with Gasteiger partial charge in [-0.2, -0.15) is 0 Å². The van der Waals surface area contributed by atoms with Crippen molar-refractivity contribution in [3.63, 3.8) is 0 Å². The van der Waals surface area contributed by atoms with E-state index in [1.54, 1.807) is 0 Å². The Hall–Kier alpha value is -1.12. The van der Waals surface area contributed by atoms with Crippen LogP contribution in [0, 0.1) is 11.3 Å². The number of ketones is 1. The van der Waals surface area contributed by atoms with Crippen LogP contribution in [0.15, 0.2) is 12.7 Å². The molecule has 0 aromatic carbocycles. The molecule has 3 heteroatoms. The Morgan fingerprint density at radius 2 is 2.38 bits per heavy atom. The second kappa shape index (κ2) is 5.28. The molecule has 0 aromatic heterocycles. The van der Waals surface area contributed by atoms with Gasteiger partial charge in [0.1, 0.15) is 5.78 Å². The van der Waals surface area contributed by atoms with Crippen molar-refractivity contribution >= 4 is 11.8 Å². The fourth-order valence-electron chi connectivity index (χ4n) is 2.39. The molecule has 90 valence electrons. The topological polar surface area (TPSA) is 43.4 Å². The first kappa shape index (κ1) is 12.9. The molecule has 3 nitrogen and oxygen atoms in total. The predicted molar refractivity (Wildman–Crippen MR) is 61.9 cm³/mol. The van der Waals surface area contributed by atoms with Crippen LogP contribution in [0.1, 0.15) is 39.0 Å². The Morgan fingerprint density at radius 1 is 1.69 bits per heavy atom. The number of allylic oxidation sites excluding steroid dienone is 1. The lowest BCUT2D eigenvalue weighted by Crippen LogP contribution is -2.38. The second-order valence-corrected chi connectivity index (χ2v) is 4.55. The van der Waals surface area contributed by atoms with Crippen LogP contribution in [-0.2, 0) is 14.3 Å². The molecular formula is C13H20O3. The van der Waals surface area contributed by atoms with Crippen LogP contribution in [0.2, 0.25) is 0 Å². The predicted octanol–water partition coefficient (Wildman–Crippen LogP) is 2.50. The van der Waals surface area contributed by atoms with Gasteiger partial charge >= 0.3 is 5.97 Å². The number of methoxy groups -OCH3 is 1. The van der Waals surface area contributed by atoms with E-state index in [-0.39, 0.29) is 24.1 Å². The number of hydrogen-bond donors (Lipinski definition) is 0. The molecule has 0 aromatic rings. The molecule has 2 unspecified atom stereocenters. The minimum atomic E-state index is -0.480. The van der Waals surface area contributed by atoms with Crippen LogP contribution in [0.4, 0.5) is 0 Å². The maximum Gasteiger partial charge on any atom is 0.306 e. The van der Waals surface area contributed by atoms with Gasteiger partial charge in [0.15, 0.2) is 0 Å². The Labute approximate surface area is 96.9 Å². The summed E-state index contributed by atoms with van der Waals surface area (Å²) in [4.78, 5) is 23.5. The molecule has 0 spiro atoms. The Morgan fingerprint density at radius 3 is 2.81 bits per heavy atom. The van der Waals surface area contributed by atoms with Gasteiger partial charge < -0.3 is 4.74 Å². The van der Waals surface area contributed by atoms with Gasteiger partial charge in [0.2, 0.25) is 0 Å². The summed E-state index contributed by atoms with van der Waals surface area (Å²) in [5, 5.41) is 0. The van der Waals surface area contributed by atoms with E-state index < -0.39 is 5.41 Å². The van der Waals surface area contributed by atoms with Gasteiger partial charge in [-0.15, -0.1) is 6.58 Å². The van der Waals surface area contributed by atoms with Crippen molar-refractivity contribution in [2.45, 2.75) is 39.0 Å². The summed E-state index contributed by atoms with van der Waals surface area (Å²) in [5.74, 6) is 0.189. The van der Waals surface area contributed by atoms with Crippen LogP contribution in [0.25, 0.3) is 0 Å². The van der Waals surface area contributed by atoms with Gasteiger partial charge in [-0.3, -0.25) is 9.59 Å². The highest BCUT2D eigenvalue weighted by Gasteiger charge is 2.42. The average Bonchev–Trinajstić information content (AvgIpc) is 2.31. The van der Waals surface area contributed by atoms with Crippen molar-refractivity contribution in [3.05, 3.63) is 12.7 Å². The minimum Gasteiger partial charge on any atom is -0.469 e. The number of rotatable bonds is 4. The molecule has 2 atom stereocenters. The zero-order valence-corrected chi connectivity index (χ0v) is 10.1. The highest BCUT2D eigenvalue weighted by atomic mass is 16.5. The maximum atomic E-state index is 12.1. The number of esters is 1. The van der Waals surface area contributed by atoms with E-state index >= 15 is 0 Å². The summed E-state index contributed by atoms with van der Waals surface area (Å²) in [7, 11) is 1.37. The Kier molecular flexibility index (Phi) is 4.27. The zero-order valence-electron chi connectivity index (χ0n) is 10.1. The summed E-state index contributed by atoms with van der Waals surface area (Å²) in [5.41, 5.74) is -0.480. The fraction of sp³-hybridized carbons (Fsp3) is 0.692. The zero-order chi connectivity index (χ0) is 12.2. The summed E-state index contributed by atoms with van der Waals surface area (Å²) in [6, 6.07) is 0. The highest BCUT2D eigenvalue weighted by molar-refractivity contribution is 5.89. The monoisotopic (exact) mass is 224 g/mol. The summed E-state index contributed by atoms with van der Waals surface area (Å²) in [6.45, 7) is 5.69. The van der Waals surface area contributed by atoms with E-state index in [0.29, 0.717) is 12.8 Å². The summed E-state index contributed by atoms with van der Waals surface area (Å²) >= 11 is 0. The van der Waals surface area contributed by atoms with Crippen molar-refractivity contribution in [2.24, 2.45) is 11.3 Å². The quantitative estimate of drug-likeness (QED) is 0.544. The van der Waals surface area contributed by atoms with Gasteiger partial charge in [-0.1, -0.05) is 13.0 Å². The smallest absolute Gasteiger partial charge is 0.306 e. The van der Waals surface area contributed by atoms with Crippen molar-refractivity contribution < 1.29 is 14.3 Å². The highest BCUT2D eigenvalue weighted by Crippen LogP contribution is 2.41. The van der Waals surface area contributed by atoms with Crippen molar-refractivity contribution in [1.29, 1.82) is 0 Å². The molecule has 0 N–H and O–H groups in total. The van der Waals surface area contributed by atoms with Gasteiger partial charge in [-0.25, -0.2) is 0 Å². The largest absolute Gasteiger partial charge is 0.469 e. The first-order chi connectivity index (χ1) is 7.57. The minimum absolute atomic E-state index is 0.191. The lowest BCUT2D eigenvalue weighted by atomic mass is 9.66. The third-order valence-corrected chi connectivity index (χ3v) is 3.75. The van der Waals surface area contributed by atoms with Crippen LogP contribution in [-0.4, -0.2) is 18.9 Å². The molecule has 1 fully saturated rings. The number of hydrogen-bond acceptors (Lipinski definition) is 3. The van der Waals surface area contributed by atoms with E-state index in [0.717, 1.165) is 12.8 Å². The van der Waals surface area contributed by atoms with Crippen molar-refractivity contribution in [2.75, 3.05) is 7.11 Å². The third kappa shape index (κ3) is 2.52. The Balaban J connectivity index is 2.77. The van der Waals surface area contributed by atoms with Gasteiger partial charge in [0, 0.05) is 11.8 Å². The van der Waals surface area contributed by atoms with Gasteiger partial charge in [-0.05, 0) is 25.2 Å². The summed E-state index contributed by atoms with van der Waals surface area (Å²) in [6.07, 6.45) is 5.02. The molecule has 0 radical (unpaired) electrons. The van der Waals surface area contributed by atoms with Crippen LogP contribution in [0.3, 0.4) is 0 Å². The van der Waals surface area contributed by atoms with E-state index in [1.807, 2.05) is 13.0 Å². The van der Waals surface area contributed by atoms with E-state index in [2.05, 4.69) is 11.3 Å². The second-order valence-electron chi connectivity index (χ2n) is 4.55. The van der Waals surface area contributed by atoms with E-state index in [9.17, 15) is 9.59 Å². The molecule has 1 rings (SSSR count). The lowest BCUT2D eigenvalue weighted by molar-refractivity contribution is -0.149. The molecule has 16 heavy (non-hydrogen) atoms. The molecular weight excluding hydrogens is 204 g/mol. The SMILES string of the molecule is C=CC1CCC(CC)(CC(=O)OC)C(=O)C1. The standard InChI is InChI=1S/C13H20O3/c1-4-10-6-7-13(5-2,11(14)8-10)9-12(15)16-3/h4,10H,1,5-9H2,2-3H3. The summed E-state index contributed by atoms with van der Waals surface area (Å²) < 4.78 is 4.67. The van der Waals surface area contributed by atoms with Crippen LogP contribution < -0.4 is 0 Å². The van der Waals surface area contributed by atoms with Crippen molar-refractivity contribution in [3.8, 4) is 0 Å². The molecule has 0 heterocycles. The number of carbonyl (C=O) groups is 2. The normalized spacial score (nSPS) is 29.9. The average molecular weight is 224 g/mol. The maximum absolute atomic E-state index is 12.1. The third-order valence-electron chi connectivity index (χ3n) is 3.75. The molecule has 0 saturated heterocycles. The van der Waals surface area contributed by atoms with Gasteiger partial charge in [0.25, 0.3) is 0 Å². The van der Waals surface area contributed by atoms with Crippen LogP contribution in [0.5, 0.6) is 0 Å². The van der Waals surface area contributed by atoms with Crippen molar-refractivity contribution in [1.82, 2.24) is 0 Å². The molecule has 0 amide bonds. The van der Waals surface area contributed by atoms with Gasteiger partial charge in [0.05, 0.1) is 13.5 Å². The Bertz CT molecular complexity index is 296. The molecule has 0 bridgehead atoms. The lowest BCUT2D eigenvalue weighted by Gasteiger charge is -2.36. The molecule has 1 saturated carbocycles.